The molecule has 3 unspecified atom stereocenters. The number of benzene rings is 1. The van der Waals surface area contributed by atoms with E-state index < -0.39 is 11.5 Å². The first-order chi connectivity index (χ1) is 16.5. The Morgan fingerprint density at radius 2 is 1.74 bits per heavy atom. The number of rotatable bonds is 1. The van der Waals surface area contributed by atoms with Crippen molar-refractivity contribution in [1.29, 1.82) is 0 Å². The second kappa shape index (κ2) is 7.59. The molecule has 6 nitrogen and oxygen atoms in total. The summed E-state index contributed by atoms with van der Waals surface area (Å²) in [6, 6.07) is 4.36. The Hall–Kier alpha value is -2.31. The summed E-state index contributed by atoms with van der Waals surface area (Å²) in [6.07, 6.45) is 5.97. The first-order valence-corrected chi connectivity index (χ1v) is 13.3. The molecule has 7 heteroatoms. The van der Waals surface area contributed by atoms with E-state index in [9.17, 15) is 19.1 Å². The molecule has 2 heterocycles. The molecule has 1 aromatic rings. The number of ether oxygens (including phenoxy) is 1. The van der Waals surface area contributed by atoms with E-state index in [0.717, 1.165) is 30.2 Å². The zero-order valence-electron chi connectivity index (χ0n) is 21.1. The van der Waals surface area contributed by atoms with Crippen LogP contribution in [-0.4, -0.2) is 47.9 Å². The van der Waals surface area contributed by atoms with E-state index in [2.05, 4.69) is 20.8 Å². The Morgan fingerprint density at radius 1 is 1.09 bits per heavy atom. The van der Waals surface area contributed by atoms with Crippen LogP contribution in [0.5, 0.6) is 0 Å². The number of carboxylic acid groups (broad SMARTS) is 1. The minimum absolute atomic E-state index is 0.0255. The lowest BCUT2D eigenvalue weighted by Crippen LogP contribution is -2.62. The molecule has 1 saturated heterocycles. The van der Waals surface area contributed by atoms with Gasteiger partial charge >= 0.3 is 12.2 Å². The molecule has 3 atom stereocenters. The smallest absolute Gasteiger partial charge is 0.411 e. The van der Waals surface area contributed by atoms with Crippen molar-refractivity contribution in [2.45, 2.75) is 77.2 Å². The lowest BCUT2D eigenvalue weighted by Gasteiger charge is -2.65. The van der Waals surface area contributed by atoms with Crippen LogP contribution in [0.2, 0.25) is 0 Å². The van der Waals surface area contributed by atoms with Crippen LogP contribution in [0.25, 0.3) is 0 Å². The third-order valence-electron chi connectivity index (χ3n) is 10.4. The van der Waals surface area contributed by atoms with Gasteiger partial charge in [0.15, 0.2) is 0 Å². The van der Waals surface area contributed by atoms with Crippen molar-refractivity contribution in [2.75, 3.05) is 24.5 Å². The van der Waals surface area contributed by atoms with Crippen LogP contribution in [-0.2, 0) is 10.2 Å². The van der Waals surface area contributed by atoms with Crippen LogP contribution >= 0.6 is 0 Å². The highest BCUT2D eigenvalue weighted by molar-refractivity contribution is 5.90. The fourth-order valence-corrected chi connectivity index (χ4v) is 8.78. The average Bonchev–Trinajstić information content (AvgIpc) is 3.09. The first-order valence-electron chi connectivity index (χ1n) is 13.3. The highest BCUT2D eigenvalue weighted by atomic mass is 19.1. The van der Waals surface area contributed by atoms with Gasteiger partial charge in [0.25, 0.3) is 0 Å². The number of hydrogen-bond donors (Lipinski definition) is 1. The zero-order chi connectivity index (χ0) is 24.8. The van der Waals surface area contributed by atoms with Gasteiger partial charge in [0, 0.05) is 30.5 Å². The molecule has 5 fully saturated rings. The number of carbonyl (C=O) groups is 2. The molecular weight excluding hydrogens is 447 g/mol. The summed E-state index contributed by atoms with van der Waals surface area (Å²) in [7, 11) is 0. The number of fused-ring (bicyclic) bond motifs is 2. The third kappa shape index (κ3) is 3.40. The molecule has 1 aromatic carbocycles. The first kappa shape index (κ1) is 23.1. The molecule has 1 spiro atoms. The average molecular weight is 485 g/mol. The summed E-state index contributed by atoms with van der Waals surface area (Å²) < 4.78 is 20.5. The molecule has 35 heavy (non-hydrogen) atoms. The number of carbonyl (C=O) groups excluding carboxylic acids is 1. The van der Waals surface area contributed by atoms with Crippen molar-refractivity contribution in [3.8, 4) is 0 Å². The molecule has 2 amide bonds. The van der Waals surface area contributed by atoms with Crippen LogP contribution in [0.4, 0.5) is 19.7 Å². The Kier molecular flexibility index (Phi) is 5.01. The molecule has 4 bridgehead atoms. The maximum absolute atomic E-state index is 14.1. The molecule has 190 valence electrons. The van der Waals surface area contributed by atoms with Gasteiger partial charge in [0.2, 0.25) is 0 Å². The standard InChI is InChI=1S/C28H37FN2O4/c1-26(2,3)28-14-17-10-18(15-28)12-19(11-17)23(28)35-25(34)30-8-6-27(7-9-30)16-31(24(32)33)22-5-4-20(29)13-21(22)27/h4-5,13,17-19,23H,6-12,14-16H2,1-3H3,(H,32,33). The molecule has 7 rings (SSSR count). The van der Waals surface area contributed by atoms with Gasteiger partial charge in [-0.25, -0.2) is 14.0 Å². The number of hydrogen-bond acceptors (Lipinski definition) is 3. The quantitative estimate of drug-likeness (QED) is 0.528. The lowest BCUT2D eigenvalue weighted by molar-refractivity contribution is -0.202. The molecule has 4 aliphatic carbocycles. The van der Waals surface area contributed by atoms with Gasteiger partial charge in [-0.15, -0.1) is 0 Å². The van der Waals surface area contributed by atoms with E-state index in [-0.39, 0.29) is 28.8 Å². The summed E-state index contributed by atoms with van der Waals surface area (Å²) >= 11 is 0. The zero-order valence-corrected chi connectivity index (χ0v) is 21.1. The molecule has 0 aromatic heterocycles. The predicted octanol–water partition coefficient (Wildman–Crippen LogP) is 6.03. The van der Waals surface area contributed by atoms with Crippen molar-refractivity contribution in [3.63, 3.8) is 0 Å². The third-order valence-corrected chi connectivity index (χ3v) is 10.4. The van der Waals surface area contributed by atoms with Gasteiger partial charge in [-0.1, -0.05) is 20.8 Å². The van der Waals surface area contributed by atoms with Crippen molar-refractivity contribution >= 4 is 17.9 Å². The van der Waals surface area contributed by atoms with Crippen LogP contribution in [0.15, 0.2) is 18.2 Å². The van der Waals surface area contributed by atoms with Gasteiger partial charge in [-0.2, -0.15) is 0 Å². The van der Waals surface area contributed by atoms with Gasteiger partial charge in [0.1, 0.15) is 11.9 Å². The van der Waals surface area contributed by atoms with E-state index >= 15 is 0 Å². The number of amides is 2. The monoisotopic (exact) mass is 484 g/mol. The Labute approximate surface area is 206 Å². The van der Waals surface area contributed by atoms with Crippen molar-refractivity contribution in [2.24, 2.45) is 28.6 Å². The van der Waals surface area contributed by atoms with E-state index in [0.29, 0.717) is 44.1 Å². The second-order valence-electron chi connectivity index (χ2n) is 13.1. The summed E-state index contributed by atoms with van der Waals surface area (Å²) in [6.45, 7) is 8.24. The largest absolute Gasteiger partial charge is 0.465 e. The van der Waals surface area contributed by atoms with Crippen LogP contribution < -0.4 is 4.90 Å². The summed E-state index contributed by atoms with van der Waals surface area (Å²) in [5, 5.41) is 9.70. The fraction of sp³-hybridized carbons (Fsp3) is 0.714. The highest BCUT2D eigenvalue weighted by Gasteiger charge is 2.63. The summed E-state index contributed by atoms with van der Waals surface area (Å²) in [5.74, 6) is 1.66. The van der Waals surface area contributed by atoms with E-state index in [1.807, 2.05) is 0 Å². The lowest BCUT2D eigenvalue weighted by atomic mass is 9.42. The molecule has 1 N–H and O–H groups in total. The topological polar surface area (TPSA) is 70.1 Å². The number of piperidine rings is 1. The SMILES string of the molecule is CC(C)(C)C12CC3CC(CC(C3)C1OC(=O)N1CCC3(CC1)CN(C(=O)O)c1ccc(F)cc13)C2. The van der Waals surface area contributed by atoms with Gasteiger partial charge in [0.05, 0.1) is 5.69 Å². The van der Waals surface area contributed by atoms with Crippen LogP contribution in [0.3, 0.4) is 0 Å². The summed E-state index contributed by atoms with van der Waals surface area (Å²) in [5.41, 5.74) is 0.995. The Morgan fingerprint density at radius 3 is 2.34 bits per heavy atom. The fourth-order valence-electron chi connectivity index (χ4n) is 8.78. The highest BCUT2D eigenvalue weighted by Crippen LogP contribution is 2.66. The van der Waals surface area contributed by atoms with Crippen LogP contribution in [0, 0.1) is 34.4 Å². The van der Waals surface area contributed by atoms with Crippen molar-refractivity contribution in [1.82, 2.24) is 4.90 Å². The Balaban J connectivity index is 1.19. The minimum atomic E-state index is -1.02. The molecule has 6 aliphatic rings. The van der Waals surface area contributed by atoms with E-state index in [1.54, 1.807) is 11.0 Å². The summed E-state index contributed by atoms with van der Waals surface area (Å²) in [4.78, 5) is 28.4. The van der Waals surface area contributed by atoms with Crippen molar-refractivity contribution < 1.29 is 23.8 Å². The van der Waals surface area contributed by atoms with Gasteiger partial charge in [-0.3, -0.25) is 4.90 Å². The number of likely N-dealkylation sites (tertiary alicyclic amines) is 1. The van der Waals surface area contributed by atoms with Gasteiger partial charge in [-0.05, 0) is 91.9 Å². The Bertz CT molecular complexity index is 1040. The molecular formula is C28H37FN2O4. The molecule has 2 aliphatic heterocycles. The van der Waals surface area contributed by atoms with E-state index in [1.165, 1.54) is 36.3 Å². The van der Waals surface area contributed by atoms with Gasteiger partial charge < -0.3 is 14.7 Å². The number of halogens is 1. The molecule has 4 saturated carbocycles. The number of anilines is 1. The van der Waals surface area contributed by atoms with E-state index in [4.69, 9.17) is 4.74 Å². The molecule has 0 radical (unpaired) electrons. The maximum Gasteiger partial charge on any atom is 0.411 e. The predicted molar refractivity (Wildman–Crippen MR) is 130 cm³/mol. The maximum atomic E-state index is 14.1. The second-order valence-corrected chi connectivity index (χ2v) is 13.1. The number of nitrogens with zero attached hydrogens (tertiary/aromatic N) is 2. The van der Waals surface area contributed by atoms with Crippen LogP contribution in [0.1, 0.15) is 71.3 Å². The minimum Gasteiger partial charge on any atom is -0.465 e. The van der Waals surface area contributed by atoms with Crippen molar-refractivity contribution in [3.05, 3.63) is 29.6 Å². The normalized spacial score (nSPS) is 34.9.